The van der Waals surface area contributed by atoms with Gasteiger partial charge in [-0.2, -0.15) is 5.10 Å². The highest BCUT2D eigenvalue weighted by molar-refractivity contribution is 5.69. The van der Waals surface area contributed by atoms with E-state index in [1.807, 2.05) is 32.1 Å². The molecule has 6 nitrogen and oxygen atoms in total. The third-order valence-corrected chi connectivity index (χ3v) is 4.07. The van der Waals surface area contributed by atoms with Crippen LogP contribution in [0, 0.1) is 5.92 Å². The van der Waals surface area contributed by atoms with Crippen molar-refractivity contribution in [2.24, 2.45) is 11.0 Å². The summed E-state index contributed by atoms with van der Waals surface area (Å²) in [4.78, 5) is 22.7. The van der Waals surface area contributed by atoms with E-state index in [0.717, 1.165) is 32.1 Å². The van der Waals surface area contributed by atoms with Crippen molar-refractivity contribution in [1.29, 1.82) is 0 Å². The van der Waals surface area contributed by atoms with E-state index in [-0.39, 0.29) is 11.9 Å². The number of hydrogen-bond donors (Lipinski definition) is 0. The summed E-state index contributed by atoms with van der Waals surface area (Å²) in [5.41, 5.74) is 0. The second-order valence-electron chi connectivity index (χ2n) is 5.82. The molecule has 1 rings (SSSR count). The van der Waals surface area contributed by atoms with Gasteiger partial charge in [-0.25, -0.2) is 0 Å². The van der Waals surface area contributed by atoms with E-state index in [9.17, 15) is 9.59 Å². The largest absolute Gasteiger partial charge is 0.466 e. The molecule has 0 N–H and O–H groups in total. The van der Waals surface area contributed by atoms with Crippen LogP contribution in [0.4, 0.5) is 0 Å². The fourth-order valence-corrected chi connectivity index (χ4v) is 2.89. The predicted octanol–water partition coefficient (Wildman–Crippen LogP) is 2.76. The van der Waals surface area contributed by atoms with Crippen LogP contribution < -0.4 is 0 Å². The average molecular weight is 326 g/mol. The Kier molecular flexibility index (Phi) is 9.33. The van der Waals surface area contributed by atoms with Gasteiger partial charge in [-0.15, -0.1) is 0 Å². The molecule has 23 heavy (non-hydrogen) atoms. The normalized spacial score (nSPS) is 19.9. The van der Waals surface area contributed by atoms with Crippen LogP contribution in [0.3, 0.4) is 0 Å². The van der Waals surface area contributed by atoms with Crippen LogP contribution in [0.15, 0.2) is 5.10 Å². The minimum atomic E-state index is -0.123. The Morgan fingerprint density at radius 1 is 1.00 bits per heavy atom. The highest BCUT2D eigenvalue weighted by atomic mass is 16.5. The lowest BCUT2D eigenvalue weighted by atomic mass is 9.91. The SMILES string of the molecule is CCOC(=O)CCCC[C@@H]1[C@@H](CCCC(=O)OCC)C=NN1C. The molecule has 1 heterocycles. The summed E-state index contributed by atoms with van der Waals surface area (Å²) in [5.74, 6) is 0.133. The van der Waals surface area contributed by atoms with Gasteiger partial charge in [0.25, 0.3) is 0 Å². The zero-order valence-corrected chi connectivity index (χ0v) is 14.6. The lowest BCUT2D eigenvalue weighted by Crippen LogP contribution is -2.29. The van der Waals surface area contributed by atoms with Crippen molar-refractivity contribution < 1.29 is 19.1 Å². The Morgan fingerprint density at radius 2 is 1.61 bits per heavy atom. The average Bonchev–Trinajstić information content (AvgIpc) is 2.85. The molecular weight excluding hydrogens is 296 g/mol. The van der Waals surface area contributed by atoms with Crippen molar-refractivity contribution in [1.82, 2.24) is 5.01 Å². The van der Waals surface area contributed by atoms with Crippen LogP contribution in [0.5, 0.6) is 0 Å². The summed E-state index contributed by atoms with van der Waals surface area (Å²) in [6, 6.07) is 0.361. The number of unbranched alkanes of at least 4 members (excludes halogenated alkanes) is 1. The molecule has 0 fully saturated rings. The molecule has 0 bridgehead atoms. The van der Waals surface area contributed by atoms with Crippen LogP contribution >= 0.6 is 0 Å². The molecule has 132 valence electrons. The number of hydrogen-bond acceptors (Lipinski definition) is 6. The Balaban J connectivity index is 2.24. The summed E-state index contributed by atoms with van der Waals surface area (Å²) in [6.45, 7) is 4.53. The van der Waals surface area contributed by atoms with Crippen LogP contribution in [-0.4, -0.2) is 49.5 Å². The number of nitrogens with zero attached hydrogens (tertiary/aromatic N) is 2. The zero-order valence-electron chi connectivity index (χ0n) is 14.6. The maximum absolute atomic E-state index is 11.4. The fraction of sp³-hybridized carbons (Fsp3) is 0.824. The van der Waals surface area contributed by atoms with E-state index in [4.69, 9.17) is 9.47 Å². The minimum Gasteiger partial charge on any atom is -0.466 e. The van der Waals surface area contributed by atoms with E-state index >= 15 is 0 Å². The molecule has 0 spiro atoms. The first-order valence-electron chi connectivity index (χ1n) is 8.66. The van der Waals surface area contributed by atoms with Crippen molar-refractivity contribution in [3.05, 3.63) is 0 Å². The molecule has 0 radical (unpaired) electrons. The lowest BCUT2D eigenvalue weighted by Gasteiger charge is -2.24. The van der Waals surface area contributed by atoms with E-state index in [1.165, 1.54) is 0 Å². The number of hydrazone groups is 1. The summed E-state index contributed by atoms with van der Waals surface area (Å²) < 4.78 is 9.88. The van der Waals surface area contributed by atoms with Crippen LogP contribution in [-0.2, 0) is 19.1 Å². The molecule has 0 aromatic carbocycles. The lowest BCUT2D eigenvalue weighted by molar-refractivity contribution is -0.144. The topological polar surface area (TPSA) is 68.2 Å². The quantitative estimate of drug-likeness (QED) is 0.431. The second-order valence-corrected chi connectivity index (χ2v) is 5.82. The fourth-order valence-electron chi connectivity index (χ4n) is 2.89. The van der Waals surface area contributed by atoms with Gasteiger partial charge in [0.2, 0.25) is 0 Å². The number of rotatable bonds is 11. The zero-order chi connectivity index (χ0) is 17.1. The monoisotopic (exact) mass is 326 g/mol. The van der Waals surface area contributed by atoms with Gasteiger partial charge in [0, 0.05) is 32.0 Å². The van der Waals surface area contributed by atoms with E-state index < -0.39 is 0 Å². The number of carbonyl (C=O) groups is 2. The second kappa shape index (κ2) is 11.0. The van der Waals surface area contributed by atoms with E-state index in [1.54, 1.807) is 0 Å². The molecule has 0 saturated carbocycles. The highest BCUT2D eigenvalue weighted by Gasteiger charge is 2.27. The first kappa shape index (κ1) is 19.5. The summed E-state index contributed by atoms with van der Waals surface area (Å²) in [7, 11) is 1.98. The van der Waals surface area contributed by atoms with Crippen molar-refractivity contribution >= 4 is 18.2 Å². The van der Waals surface area contributed by atoms with E-state index in [0.29, 0.717) is 38.0 Å². The summed E-state index contributed by atoms with van der Waals surface area (Å²) >= 11 is 0. The van der Waals surface area contributed by atoms with Gasteiger partial charge in [0.1, 0.15) is 0 Å². The maximum Gasteiger partial charge on any atom is 0.305 e. The molecule has 2 atom stereocenters. The Hall–Kier alpha value is -1.59. The van der Waals surface area contributed by atoms with Crippen LogP contribution in [0.25, 0.3) is 0 Å². The minimum absolute atomic E-state index is 0.116. The molecule has 0 aliphatic carbocycles. The van der Waals surface area contributed by atoms with Gasteiger partial charge >= 0.3 is 11.9 Å². The number of carbonyl (C=O) groups excluding carboxylic acids is 2. The van der Waals surface area contributed by atoms with Gasteiger partial charge in [0.05, 0.1) is 19.3 Å². The van der Waals surface area contributed by atoms with Gasteiger partial charge in [-0.05, 0) is 39.5 Å². The molecule has 0 unspecified atom stereocenters. The van der Waals surface area contributed by atoms with Gasteiger partial charge in [-0.3, -0.25) is 14.6 Å². The molecule has 0 aromatic rings. The molecular formula is C17H30N2O4. The Bertz CT molecular complexity index is 398. The van der Waals surface area contributed by atoms with E-state index in [2.05, 4.69) is 5.10 Å². The smallest absolute Gasteiger partial charge is 0.305 e. The van der Waals surface area contributed by atoms with Crippen LogP contribution in [0.1, 0.15) is 58.8 Å². The van der Waals surface area contributed by atoms with Crippen molar-refractivity contribution in [3.63, 3.8) is 0 Å². The molecule has 6 heteroatoms. The predicted molar refractivity (Wildman–Crippen MR) is 89.1 cm³/mol. The Labute approximate surface area is 139 Å². The number of ether oxygens (including phenoxy) is 2. The molecule has 1 aliphatic heterocycles. The first-order chi connectivity index (χ1) is 11.1. The van der Waals surface area contributed by atoms with Crippen molar-refractivity contribution in [3.8, 4) is 0 Å². The van der Waals surface area contributed by atoms with Gasteiger partial charge < -0.3 is 9.47 Å². The van der Waals surface area contributed by atoms with Gasteiger partial charge in [-0.1, -0.05) is 6.42 Å². The third-order valence-electron chi connectivity index (χ3n) is 4.07. The molecule has 1 aliphatic rings. The van der Waals surface area contributed by atoms with Crippen molar-refractivity contribution in [2.45, 2.75) is 64.8 Å². The number of esters is 2. The molecule has 0 amide bonds. The molecule has 0 saturated heterocycles. The highest BCUT2D eigenvalue weighted by Crippen LogP contribution is 2.25. The first-order valence-corrected chi connectivity index (χ1v) is 8.66. The summed E-state index contributed by atoms with van der Waals surface area (Å²) in [5, 5.41) is 6.38. The molecule has 0 aromatic heterocycles. The van der Waals surface area contributed by atoms with Crippen molar-refractivity contribution in [2.75, 3.05) is 20.3 Å². The maximum atomic E-state index is 11.4. The summed E-state index contributed by atoms with van der Waals surface area (Å²) in [6.07, 6.45) is 7.53. The Morgan fingerprint density at radius 3 is 2.22 bits per heavy atom. The van der Waals surface area contributed by atoms with Gasteiger partial charge in [0.15, 0.2) is 0 Å². The standard InChI is InChI=1S/C17H30N2O4/c1-4-22-16(20)11-7-6-10-15-14(13-18-19(15)3)9-8-12-17(21)23-5-2/h13-15H,4-12H2,1-3H3/t14-,15+/m0/s1. The van der Waals surface area contributed by atoms with Crippen LogP contribution in [0.2, 0.25) is 0 Å². The third kappa shape index (κ3) is 7.48.